The third kappa shape index (κ3) is 2.25. The molecule has 1 aliphatic heterocycles. The molecule has 1 heterocycles. The number of carbonyl (C=O) groups is 1. The molecule has 0 amide bonds. The summed E-state index contributed by atoms with van der Waals surface area (Å²) in [7, 11) is 0. The van der Waals surface area contributed by atoms with Crippen molar-refractivity contribution in [3.63, 3.8) is 0 Å². The van der Waals surface area contributed by atoms with Gasteiger partial charge in [-0.1, -0.05) is 23.2 Å². The minimum Gasteiger partial charge on any atom is -0.380 e. The number of rotatable bonds is 3. The first-order valence-electron chi connectivity index (χ1n) is 4.62. The minimum atomic E-state index is 0.343. The van der Waals surface area contributed by atoms with Crippen LogP contribution in [-0.2, 0) is 0 Å². The zero-order valence-electron chi connectivity index (χ0n) is 7.89. The molecule has 1 aromatic carbocycles. The predicted octanol–water partition coefficient (Wildman–Crippen LogP) is 2.19. The average Bonchev–Trinajstić information content (AvgIpc) is 2.11. The van der Waals surface area contributed by atoms with Crippen LogP contribution in [0.1, 0.15) is 10.4 Å². The van der Waals surface area contributed by atoms with Gasteiger partial charge in [-0.25, -0.2) is 0 Å². The maximum atomic E-state index is 10.6. The molecule has 2 rings (SSSR count). The number of anilines is 1. The molecule has 1 saturated heterocycles. The van der Waals surface area contributed by atoms with Crippen molar-refractivity contribution in [3.8, 4) is 0 Å². The monoisotopic (exact) mass is 244 g/mol. The molecule has 0 unspecified atom stereocenters. The summed E-state index contributed by atoms with van der Waals surface area (Å²) in [6.45, 7) is 1.87. The van der Waals surface area contributed by atoms with Gasteiger partial charge in [0.25, 0.3) is 0 Å². The molecule has 0 atom stereocenters. The lowest BCUT2D eigenvalue weighted by Crippen LogP contribution is -2.51. The summed E-state index contributed by atoms with van der Waals surface area (Å²) < 4.78 is 0. The summed E-state index contributed by atoms with van der Waals surface area (Å²) in [5.41, 5.74) is 1.19. The molecule has 3 nitrogen and oxygen atoms in total. The number of benzene rings is 1. The van der Waals surface area contributed by atoms with Crippen LogP contribution in [0.25, 0.3) is 0 Å². The first-order valence-corrected chi connectivity index (χ1v) is 5.38. The van der Waals surface area contributed by atoms with E-state index in [9.17, 15) is 4.79 Å². The lowest BCUT2D eigenvalue weighted by atomic mass is 10.1. The highest BCUT2D eigenvalue weighted by Gasteiger charge is 2.17. The van der Waals surface area contributed by atoms with Gasteiger partial charge in [-0.2, -0.15) is 0 Å². The SMILES string of the molecule is O=Cc1c(Cl)cc(NC2CNC2)cc1Cl. The Morgan fingerprint density at radius 2 is 1.93 bits per heavy atom. The lowest BCUT2D eigenvalue weighted by Gasteiger charge is -2.29. The molecule has 1 aromatic rings. The van der Waals surface area contributed by atoms with Crippen molar-refractivity contribution in [2.24, 2.45) is 0 Å². The van der Waals surface area contributed by atoms with Crippen molar-refractivity contribution >= 4 is 35.2 Å². The number of aldehydes is 1. The van der Waals surface area contributed by atoms with Crippen molar-refractivity contribution in [2.75, 3.05) is 18.4 Å². The Balaban J connectivity index is 2.21. The van der Waals surface area contributed by atoms with Crippen LogP contribution < -0.4 is 10.6 Å². The Hall–Kier alpha value is -0.770. The van der Waals surface area contributed by atoms with Gasteiger partial charge < -0.3 is 10.6 Å². The number of hydrogen-bond donors (Lipinski definition) is 2. The maximum Gasteiger partial charge on any atom is 0.153 e. The highest BCUT2D eigenvalue weighted by Crippen LogP contribution is 2.28. The zero-order chi connectivity index (χ0) is 10.8. The molecule has 0 spiro atoms. The summed E-state index contributed by atoms with van der Waals surface area (Å²) in [6, 6.07) is 3.85. The fourth-order valence-corrected chi connectivity index (χ4v) is 1.98. The smallest absolute Gasteiger partial charge is 0.153 e. The van der Waals surface area contributed by atoms with E-state index in [1.54, 1.807) is 12.1 Å². The van der Waals surface area contributed by atoms with Crippen LogP contribution in [0.5, 0.6) is 0 Å². The molecule has 80 valence electrons. The second-order valence-electron chi connectivity index (χ2n) is 3.47. The molecule has 0 aromatic heterocycles. The summed E-state index contributed by atoms with van der Waals surface area (Å²) in [5, 5.41) is 7.18. The third-order valence-electron chi connectivity index (χ3n) is 2.35. The number of carbonyl (C=O) groups excluding carboxylic acids is 1. The fourth-order valence-electron chi connectivity index (χ4n) is 1.41. The van der Waals surface area contributed by atoms with E-state index in [1.165, 1.54) is 0 Å². The molecule has 0 saturated carbocycles. The summed E-state index contributed by atoms with van der Waals surface area (Å²) in [6.07, 6.45) is 0.666. The van der Waals surface area contributed by atoms with E-state index in [1.807, 2.05) is 0 Å². The van der Waals surface area contributed by atoms with E-state index >= 15 is 0 Å². The first kappa shape index (κ1) is 10.7. The standard InChI is InChI=1S/C10H10Cl2N2O/c11-9-1-6(14-7-3-13-4-7)2-10(12)8(9)5-15/h1-2,5,7,13-14H,3-4H2. The van der Waals surface area contributed by atoms with Gasteiger partial charge in [0.1, 0.15) is 0 Å². The van der Waals surface area contributed by atoms with Gasteiger partial charge >= 0.3 is 0 Å². The third-order valence-corrected chi connectivity index (χ3v) is 2.97. The van der Waals surface area contributed by atoms with Crippen molar-refractivity contribution in [1.82, 2.24) is 5.32 Å². The molecule has 1 fully saturated rings. The van der Waals surface area contributed by atoms with Crippen LogP contribution in [0.15, 0.2) is 12.1 Å². The van der Waals surface area contributed by atoms with Crippen LogP contribution in [0, 0.1) is 0 Å². The Labute approximate surface area is 97.8 Å². The van der Waals surface area contributed by atoms with Crippen LogP contribution in [0.3, 0.4) is 0 Å². The quantitative estimate of drug-likeness (QED) is 0.802. The van der Waals surface area contributed by atoms with Crippen LogP contribution in [0.4, 0.5) is 5.69 Å². The normalized spacial score (nSPS) is 15.9. The molecular weight excluding hydrogens is 235 g/mol. The van der Waals surface area contributed by atoms with Gasteiger partial charge in [0.2, 0.25) is 0 Å². The van der Waals surface area contributed by atoms with Gasteiger partial charge in [0.05, 0.1) is 21.7 Å². The van der Waals surface area contributed by atoms with Crippen LogP contribution in [0.2, 0.25) is 10.0 Å². The van der Waals surface area contributed by atoms with Gasteiger partial charge in [0.15, 0.2) is 6.29 Å². The highest BCUT2D eigenvalue weighted by molar-refractivity contribution is 6.38. The predicted molar refractivity (Wildman–Crippen MR) is 62.1 cm³/mol. The second-order valence-corrected chi connectivity index (χ2v) is 4.29. The van der Waals surface area contributed by atoms with E-state index < -0.39 is 0 Å². The van der Waals surface area contributed by atoms with E-state index in [2.05, 4.69) is 10.6 Å². The van der Waals surface area contributed by atoms with Gasteiger partial charge in [-0.15, -0.1) is 0 Å². The first-order chi connectivity index (χ1) is 7.20. The van der Waals surface area contributed by atoms with Crippen molar-refractivity contribution in [1.29, 1.82) is 0 Å². The second kappa shape index (κ2) is 4.39. The molecule has 15 heavy (non-hydrogen) atoms. The Bertz CT molecular complexity index is 368. The Morgan fingerprint density at radius 1 is 1.33 bits per heavy atom. The van der Waals surface area contributed by atoms with E-state index in [0.29, 0.717) is 27.9 Å². The summed E-state index contributed by atoms with van der Waals surface area (Å²) in [4.78, 5) is 10.6. The van der Waals surface area contributed by atoms with E-state index in [-0.39, 0.29) is 0 Å². The van der Waals surface area contributed by atoms with Gasteiger partial charge in [-0.05, 0) is 12.1 Å². The molecule has 0 bridgehead atoms. The molecule has 0 radical (unpaired) electrons. The molecular formula is C10H10Cl2N2O. The Kier molecular flexibility index (Phi) is 3.14. The number of hydrogen-bond acceptors (Lipinski definition) is 3. The largest absolute Gasteiger partial charge is 0.380 e. The number of halogens is 2. The fraction of sp³-hybridized carbons (Fsp3) is 0.300. The molecule has 0 aliphatic carbocycles. The van der Waals surface area contributed by atoms with Crippen molar-refractivity contribution in [3.05, 3.63) is 27.7 Å². The van der Waals surface area contributed by atoms with Crippen LogP contribution >= 0.6 is 23.2 Å². The lowest BCUT2D eigenvalue weighted by molar-refractivity contribution is 0.112. The van der Waals surface area contributed by atoms with E-state index in [0.717, 1.165) is 18.8 Å². The molecule has 1 aliphatic rings. The number of nitrogens with one attached hydrogen (secondary N) is 2. The zero-order valence-corrected chi connectivity index (χ0v) is 9.40. The van der Waals surface area contributed by atoms with Crippen LogP contribution in [-0.4, -0.2) is 25.4 Å². The minimum absolute atomic E-state index is 0.343. The van der Waals surface area contributed by atoms with Gasteiger partial charge in [-0.3, -0.25) is 4.79 Å². The van der Waals surface area contributed by atoms with E-state index in [4.69, 9.17) is 23.2 Å². The topological polar surface area (TPSA) is 41.1 Å². The maximum absolute atomic E-state index is 10.6. The average molecular weight is 245 g/mol. The van der Waals surface area contributed by atoms with Crippen molar-refractivity contribution < 1.29 is 4.79 Å². The molecule has 5 heteroatoms. The molecule has 2 N–H and O–H groups in total. The summed E-state index contributed by atoms with van der Waals surface area (Å²) >= 11 is 11.8. The van der Waals surface area contributed by atoms with Crippen molar-refractivity contribution in [2.45, 2.75) is 6.04 Å². The van der Waals surface area contributed by atoms with Gasteiger partial charge in [0, 0.05) is 18.8 Å². The summed E-state index contributed by atoms with van der Waals surface area (Å²) in [5.74, 6) is 0. The highest BCUT2D eigenvalue weighted by atomic mass is 35.5. The Morgan fingerprint density at radius 3 is 2.33 bits per heavy atom.